The molecule has 90 valence electrons. The first-order valence-corrected chi connectivity index (χ1v) is 5.79. The molecule has 0 amide bonds. The fourth-order valence-corrected chi connectivity index (χ4v) is 1.89. The Morgan fingerprint density at radius 3 is 2.76 bits per heavy atom. The highest BCUT2D eigenvalue weighted by Crippen LogP contribution is 2.30. The molecule has 0 spiro atoms. The summed E-state index contributed by atoms with van der Waals surface area (Å²) in [5.74, 6) is 0.335. The number of aromatic nitrogens is 2. The summed E-state index contributed by atoms with van der Waals surface area (Å²) in [6, 6.07) is 4.41. The van der Waals surface area contributed by atoms with Crippen molar-refractivity contribution in [2.45, 2.75) is 6.92 Å². The SMILES string of the molecule is Cc1nn(C)c(Nc2cc(F)ccc2Br)c1N. The second-order valence-corrected chi connectivity index (χ2v) is 4.57. The molecule has 0 radical (unpaired) electrons. The summed E-state index contributed by atoms with van der Waals surface area (Å²) in [5, 5.41) is 7.24. The topological polar surface area (TPSA) is 55.9 Å². The summed E-state index contributed by atoms with van der Waals surface area (Å²) in [5.41, 5.74) is 7.79. The Balaban J connectivity index is 2.41. The van der Waals surface area contributed by atoms with Gasteiger partial charge in [-0.2, -0.15) is 5.10 Å². The lowest BCUT2D eigenvalue weighted by molar-refractivity contribution is 0.628. The lowest BCUT2D eigenvalue weighted by Crippen LogP contribution is -2.02. The van der Waals surface area contributed by atoms with E-state index in [1.54, 1.807) is 17.8 Å². The maximum atomic E-state index is 13.1. The van der Waals surface area contributed by atoms with Crippen molar-refractivity contribution in [1.29, 1.82) is 0 Å². The number of hydrogen-bond acceptors (Lipinski definition) is 3. The largest absolute Gasteiger partial charge is 0.394 e. The van der Waals surface area contributed by atoms with E-state index in [9.17, 15) is 4.39 Å². The second-order valence-electron chi connectivity index (χ2n) is 3.72. The second kappa shape index (κ2) is 4.37. The zero-order valence-electron chi connectivity index (χ0n) is 9.46. The van der Waals surface area contributed by atoms with Crippen molar-refractivity contribution in [3.05, 3.63) is 34.2 Å². The molecule has 0 saturated heterocycles. The van der Waals surface area contributed by atoms with Gasteiger partial charge in [0.05, 0.1) is 17.1 Å². The van der Waals surface area contributed by atoms with Crippen LogP contribution in [0.25, 0.3) is 0 Å². The predicted octanol–water partition coefficient (Wildman–Crippen LogP) is 2.96. The number of hydrogen-bond donors (Lipinski definition) is 2. The first kappa shape index (κ1) is 11.9. The van der Waals surface area contributed by atoms with Crippen molar-refractivity contribution in [3.63, 3.8) is 0 Å². The fourth-order valence-electron chi connectivity index (χ4n) is 1.54. The number of benzene rings is 1. The molecule has 4 nitrogen and oxygen atoms in total. The average Bonchev–Trinajstić information content (AvgIpc) is 2.50. The summed E-state index contributed by atoms with van der Waals surface area (Å²) < 4.78 is 15.5. The molecule has 0 atom stereocenters. The van der Waals surface area contributed by atoms with Crippen molar-refractivity contribution in [3.8, 4) is 0 Å². The van der Waals surface area contributed by atoms with Gasteiger partial charge in [-0.05, 0) is 41.1 Å². The fraction of sp³-hybridized carbons (Fsp3) is 0.182. The van der Waals surface area contributed by atoms with E-state index in [2.05, 4.69) is 26.3 Å². The molecule has 0 aliphatic carbocycles. The minimum Gasteiger partial charge on any atom is -0.394 e. The van der Waals surface area contributed by atoms with Crippen LogP contribution >= 0.6 is 15.9 Å². The maximum Gasteiger partial charge on any atom is 0.152 e. The number of nitrogen functional groups attached to an aromatic ring is 1. The summed E-state index contributed by atoms with van der Waals surface area (Å²) in [6.07, 6.45) is 0. The van der Waals surface area contributed by atoms with E-state index in [1.807, 2.05) is 6.92 Å². The number of nitrogens with one attached hydrogen (secondary N) is 1. The molecule has 0 aliphatic rings. The van der Waals surface area contributed by atoms with Crippen LogP contribution < -0.4 is 11.1 Å². The third-order valence-corrected chi connectivity index (χ3v) is 3.14. The van der Waals surface area contributed by atoms with Crippen molar-refractivity contribution in [1.82, 2.24) is 9.78 Å². The molecule has 1 aromatic heterocycles. The number of nitrogens with zero attached hydrogens (tertiary/aromatic N) is 2. The van der Waals surface area contributed by atoms with E-state index in [0.29, 0.717) is 17.2 Å². The van der Waals surface area contributed by atoms with Gasteiger partial charge >= 0.3 is 0 Å². The smallest absolute Gasteiger partial charge is 0.152 e. The van der Waals surface area contributed by atoms with Crippen molar-refractivity contribution in [2.24, 2.45) is 7.05 Å². The number of nitrogens with two attached hydrogens (primary N) is 1. The summed E-state index contributed by atoms with van der Waals surface area (Å²) >= 11 is 3.34. The monoisotopic (exact) mass is 298 g/mol. The number of rotatable bonds is 2. The number of aryl methyl sites for hydroxylation is 2. The van der Waals surface area contributed by atoms with Crippen molar-refractivity contribution in [2.75, 3.05) is 11.1 Å². The Kier molecular flexibility index (Phi) is 3.06. The van der Waals surface area contributed by atoms with Gasteiger partial charge in [-0.15, -0.1) is 0 Å². The van der Waals surface area contributed by atoms with Crippen LogP contribution in [0.15, 0.2) is 22.7 Å². The van der Waals surface area contributed by atoms with E-state index >= 15 is 0 Å². The average molecular weight is 299 g/mol. The van der Waals surface area contributed by atoms with Crippen LogP contribution in [0.2, 0.25) is 0 Å². The molecule has 3 N–H and O–H groups in total. The van der Waals surface area contributed by atoms with Crippen LogP contribution in [0, 0.1) is 12.7 Å². The zero-order valence-corrected chi connectivity index (χ0v) is 11.0. The van der Waals surface area contributed by atoms with Gasteiger partial charge in [0, 0.05) is 11.5 Å². The van der Waals surface area contributed by atoms with Crippen LogP contribution in [-0.4, -0.2) is 9.78 Å². The van der Waals surface area contributed by atoms with Crippen molar-refractivity contribution >= 4 is 33.1 Å². The highest BCUT2D eigenvalue weighted by Gasteiger charge is 2.11. The van der Waals surface area contributed by atoms with Crippen LogP contribution in [0.1, 0.15) is 5.69 Å². The van der Waals surface area contributed by atoms with Gasteiger partial charge in [-0.25, -0.2) is 4.39 Å². The lowest BCUT2D eigenvalue weighted by atomic mass is 10.3. The molecule has 0 bridgehead atoms. The summed E-state index contributed by atoms with van der Waals surface area (Å²) in [6.45, 7) is 1.82. The molecule has 1 aromatic carbocycles. The third kappa shape index (κ3) is 2.26. The molecule has 17 heavy (non-hydrogen) atoms. The van der Waals surface area contributed by atoms with E-state index in [0.717, 1.165) is 10.2 Å². The highest BCUT2D eigenvalue weighted by molar-refractivity contribution is 9.10. The maximum absolute atomic E-state index is 13.1. The van der Waals surface area contributed by atoms with Gasteiger partial charge in [0.1, 0.15) is 5.82 Å². The standard InChI is InChI=1S/C11H12BrFN4/c1-6-10(14)11(17(2)16-6)15-9-5-7(13)3-4-8(9)12/h3-5,15H,14H2,1-2H3. The predicted molar refractivity (Wildman–Crippen MR) is 69.7 cm³/mol. The van der Waals surface area contributed by atoms with Gasteiger partial charge in [0.2, 0.25) is 0 Å². The molecule has 0 saturated carbocycles. The van der Waals surface area contributed by atoms with E-state index in [4.69, 9.17) is 5.73 Å². The Bertz CT molecular complexity index is 565. The molecule has 6 heteroatoms. The summed E-state index contributed by atoms with van der Waals surface area (Å²) in [7, 11) is 1.78. The van der Waals surface area contributed by atoms with Gasteiger partial charge in [-0.3, -0.25) is 4.68 Å². The Labute approximate surface area is 107 Å². The van der Waals surface area contributed by atoms with Crippen LogP contribution in [0.3, 0.4) is 0 Å². The molecular weight excluding hydrogens is 287 g/mol. The number of anilines is 3. The normalized spacial score (nSPS) is 10.6. The van der Waals surface area contributed by atoms with Gasteiger partial charge in [-0.1, -0.05) is 0 Å². The summed E-state index contributed by atoms with van der Waals surface area (Å²) in [4.78, 5) is 0. The minimum atomic E-state index is -0.312. The Hall–Kier alpha value is -1.56. The third-order valence-electron chi connectivity index (χ3n) is 2.45. The molecule has 0 aliphatic heterocycles. The first-order valence-electron chi connectivity index (χ1n) is 5.00. The van der Waals surface area contributed by atoms with Crippen LogP contribution in [0.5, 0.6) is 0 Å². The van der Waals surface area contributed by atoms with Crippen LogP contribution in [-0.2, 0) is 7.05 Å². The highest BCUT2D eigenvalue weighted by atomic mass is 79.9. The van der Waals surface area contributed by atoms with E-state index < -0.39 is 0 Å². The van der Waals surface area contributed by atoms with Gasteiger partial charge in [0.15, 0.2) is 5.82 Å². The Morgan fingerprint density at radius 1 is 1.47 bits per heavy atom. The molecule has 0 fully saturated rings. The van der Waals surface area contributed by atoms with Gasteiger partial charge < -0.3 is 11.1 Å². The van der Waals surface area contributed by atoms with Crippen LogP contribution in [0.4, 0.5) is 21.6 Å². The molecule has 0 unspecified atom stereocenters. The molecule has 2 aromatic rings. The van der Waals surface area contributed by atoms with Crippen molar-refractivity contribution < 1.29 is 4.39 Å². The Morgan fingerprint density at radius 2 is 2.18 bits per heavy atom. The zero-order chi connectivity index (χ0) is 12.6. The lowest BCUT2D eigenvalue weighted by Gasteiger charge is -2.09. The minimum absolute atomic E-state index is 0.312. The molecule has 1 heterocycles. The molecular formula is C11H12BrFN4. The first-order chi connectivity index (χ1) is 7.99. The van der Waals surface area contributed by atoms with Gasteiger partial charge in [0.25, 0.3) is 0 Å². The van der Waals surface area contributed by atoms with E-state index in [-0.39, 0.29) is 5.82 Å². The quantitative estimate of drug-likeness (QED) is 0.896. The number of halogens is 2. The molecule has 2 rings (SSSR count). The van der Waals surface area contributed by atoms with E-state index in [1.165, 1.54) is 12.1 Å².